The van der Waals surface area contributed by atoms with E-state index < -0.39 is 5.92 Å². The van der Waals surface area contributed by atoms with Gasteiger partial charge in [-0.25, -0.2) is 0 Å². The first-order chi connectivity index (χ1) is 13.5. The van der Waals surface area contributed by atoms with E-state index in [0.717, 1.165) is 15.6 Å². The Morgan fingerprint density at radius 1 is 0.857 bits per heavy atom. The fourth-order valence-electron chi connectivity index (χ4n) is 3.16. The molecule has 0 aliphatic heterocycles. The van der Waals surface area contributed by atoms with E-state index in [1.54, 1.807) is 36.4 Å². The monoisotopic (exact) mass is 471 g/mol. The average molecular weight is 473 g/mol. The lowest BCUT2D eigenvalue weighted by atomic mass is 9.78. The van der Waals surface area contributed by atoms with Gasteiger partial charge in [0.1, 0.15) is 0 Å². The molecule has 0 amide bonds. The Hall–Kier alpha value is -2.12. The predicted molar refractivity (Wildman–Crippen MR) is 117 cm³/mol. The van der Waals surface area contributed by atoms with Gasteiger partial charge >= 0.3 is 0 Å². The quantitative estimate of drug-likeness (QED) is 0.350. The van der Waals surface area contributed by atoms with Crippen molar-refractivity contribution in [3.05, 3.63) is 104 Å². The Kier molecular flexibility index (Phi) is 6.91. The Balaban J connectivity index is 1.97. The smallest absolute Gasteiger partial charge is 0.163 e. The summed E-state index contributed by atoms with van der Waals surface area (Å²) in [4.78, 5) is 12.9. The molecule has 0 aliphatic rings. The van der Waals surface area contributed by atoms with E-state index in [1.807, 2.05) is 36.4 Å². The fourth-order valence-corrected chi connectivity index (χ4v) is 3.67. The van der Waals surface area contributed by atoms with E-state index in [1.165, 1.54) is 0 Å². The minimum absolute atomic E-state index is 0.0123. The number of carbonyl (C=O) groups excluding carboxylic acids is 1. The number of nitriles is 1. The topological polar surface area (TPSA) is 40.9 Å². The molecule has 0 radical (unpaired) electrons. The van der Waals surface area contributed by atoms with E-state index >= 15 is 0 Å². The number of rotatable bonds is 6. The Labute approximate surface area is 182 Å². The van der Waals surface area contributed by atoms with Gasteiger partial charge in [-0.05, 0) is 47.5 Å². The van der Waals surface area contributed by atoms with Crippen LogP contribution in [0.15, 0.2) is 77.3 Å². The third kappa shape index (κ3) is 5.02. The summed E-state index contributed by atoms with van der Waals surface area (Å²) in [7, 11) is 0. The molecule has 0 spiro atoms. The second-order valence-corrected chi connectivity index (χ2v) is 8.24. The van der Waals surface area contributed by atoms with Gasteiger partial charge in [-0.2, -0.15) is 5.26 Å². The summed E-state index contributed by atoms with van der Waals surface area (Å²) < 4.78 is 0.911. The molecule has 5 heteroatoms. The zero-order valence-corrected chi connectivity index (χ0v) is 17.9. The Morgan fingerprint density at radius 3 is 1.86 bits per heavy atom. The van der Waals surface area contributed by atoms with Crippen LogP contribution in [0.4, 0.5) is 0 Å². The van der Waals surface area contributed by atoms with Gasteiger partial charge < -0.3 is 0 Å². The highest BCUT2D eigenvalue weighted by Crippen LogP contribution is 2.37. The molecule has 3 rings (SSSR count). The van der Waals surface area contributed by atoms with Crippen LogP contribution in [0.1, 0.15) is 39.7 Å². The number of nitrogens with zero attached hydrogens (tertiary/aromatic N) is 1. The summed E-state index contributed by atoms with van der Waals surface area (Å²) in [6.07, 6.45) is 0.212. The number of ketones is 1. The summed E-state index contributed by atoms with van der Waals surface area (Å²) in [5.74, 6) is -0.806. The Morgan fingerprint density at radius 2 is 1.36 bits per heavy atom. The SMILES string of the molecule is N#C[C@H](c1ccc(Cl)cc1)[C@H](CC(=O)c1ccc(Br)cc1)c1ccc(Cl)cc1. The maximum absolute atomic E-state index is 12.9. The molecule has 0 aromatic heterocycles. The normalized spacial score (nSPS) is 12.8. The number of hydrogen-bond acceptors (Lipinski definition) is 2. The van der Waals surface area contributed by atoms with Crippen LogP contribution < -0.4 is 0 Å². The highest BCUT2D eigenvalue weighted by atomic mass is 79.9. The molecule has 28 heavy (non-hydrogen) atoms. The second kappa shape index (κ2) is 9.39. The van der Waals surface area contributed by atoms with Crippen LogP contribution in [0, 0.1) is 11.3 Å². The largest absolute Gasteiger partial charge is 0.294 e. The van der Waals surface area contributed by atoms with Gasteiger partial charge in [0.2, 0.25) is 0 Å². The zero-order valence-electron chi connectivity index (χ0n) is 14.8. The molecule has 2 atom stereocenters. The van der Waals surface area contributed by atoms with Crippen molar-refractivity contribution in [2.24, 2.45) is 0 Å². The lowest BCUT2D eigenvalue weighted by molar-refractivity contribution is 0.0971. The molecule has 0 unspecified atom stereocenters. The fraction of sp³-hybridized carbons (Fsp3) is 0.130. The molecule has 140 valence electrons. The molecule has 0 fully saturated rings. The maximum atomic E-state index is 12.9. The van der Waals surface area contributed by atoms with Gasteiger partial charge in [-0.1, -0.05) is 75.5 Å². The number of halogens is 3. The third-order valence-corrected chi connectivity index (χ3v) is 5.67. The third-order valence-electron chi connectivity index (χ3n) is 4.64. The lowest BCUT2D eigenvalue weighted by Crippen LogP contribution is -2.15. The molecule has 0 N–H and O–H groups in total. The van der Waals surface area contributed by atoms with Crippen LogP contribution in [-0.4, -0.2) is 5.78 Å². The van der Waals surface area contributed by atoms with Crippen LogP contribution >= 0.6 is 39.1 Å². The van der Waals surface area contributed by atoms with Crippen molar-refractivity contribution in [2.75, 3.05) is 0 Å². The summed E-state index contributed by atoms with van der Waals surface area (Å²) in [5.41, 5.74) is 2.35. The summed E-state index contributed by atoms with van der Waals surface area (Å²) in [6, 6.07) is 24.1. The van der Waals surface area contributed by atoms with Crippen LogP contribution in [0.2, 0.25) is 10.0 Å². The lowest BCUT2D eigenvalue weighted by Gasteiger charge is -2.23. The first-order valence-electron chi connectivity index (χ1n) is 8.67. The van der Waals surface area contributed by atoms with Gasteiger partial charge in [0.05, 0.1) is 12.0 Å². The summed E-state index contributed by atoms with van der Waals surface area (Å²) in [5, 5.41) is 11.1. The number of carbonyl (C=O) groups is 1. The molecule has 0 saturated carbocycles. The van der Waals surface area contributed by atoms with Crippen LogP contribution in [0.25, 0.3) is 0 Å². The molecule has 0 heterocycles. The van der Waals surface area contributed by atoms with Gasteiger partial charge in [0.15, 0.2) is 5.78 Å². The van der Waals surface area contributed by atoms with Crippen molar-refractivity contribution in [2.45, 2.75) is 18.3 Å². The van der Waals surface area contributed by atoms with Crippen molar-refractivity contribution < 1.29 is 4.79 Å². The molecular formula is C23H16BrCl2NO. The Bertz CT molecular complexity index is 993. The van der Waals surface area contributed by atoms with Crippen LogP contribution in [0.3, 0.4) is 0 Å². The minimum Gasteiger partial charge on any atom is -0.294 e. The molecule has 3 aromatic carbocycles. The number of hydrogen-bond donors (Lipinski definition) is 0. The van der Waals surface area contributed by atoms with E-state index in [0.29, 0.717) is 15.6 Å². The van der Waals surface area contributed by atoms with E-state index in [9.17, 15) is 10.1 Å². The molecule has 3 aromatic rings. The molecule has 0 aliphatic carbocycles. The molecule has 0 saturated heterocycles. The van der Waals surface area contributed by atoms with Gasteiger partial charge in [-0.3, -0.25) is 4.79 Å². The maximum Gasteiger partial charge on any atom is 0.163 e. The van der Waals surface area contributed by atoms with Crippen LogP contribution in [-0.2, 0) is 0 Å². The summed E-state index contributed by atoms with van der Waals surface area (Å²) >= 11 is 15.4. The van der Waals surface area contributed by atoms with Gasteiger partial charge in [-0.15, -0.1) is 0 Å². The first-order valence-corrected chi connectivity index (χ1v) is 10.2. The molecule has 0 bridgehead atoms. The summed E-state index contributed by atoms with van der Waals surface area (Å²) in [6.45, 7) is 0. The first kappa shape index (κ1) is 20.6. The molecular weight excluding hydrogens is 457 g/mol. The number of Topliss-reactive ketones (excluding diaryl/α,β-unsaturated/α-hetero) is 1. The number of benzene rings is 3. The van der Waals surface area contributed by atoms with Crippen molar-refractivity contribution in [1.82, 2.24) is 0 Å². The molecule has 2 nitrogen and oxygen atoms in total. The van der Waals surface area contributed by atoms with Crippen molar-refractivity contribution >= 4 is 44.9 Å². The second-order valence-electron chi connectivity index (χ2n) is 6.45. The van der Waals surface area contributed by atoms with Crippen molar-refractivity contribution in [3.8, 4) is 6.07 Å². The highest BCUT2D eigenvalue weighted by molar-refractivity contribution is 9.10. The van der Waals surface area contributed by atoms with Crippen molar-refractivity contribution in [1.29, 1.82) is 5.26 Å². The van der Waals surface area contributed by atoms with Crippen molar-refractivity contribution in [3.63, 3.8) is 0 Å². The predicted octanol–water partition coefficient (Wildman–Crippen LogP) is 7.42. The van der Waals surface area contributed by atoms with E-state index in [4.69, 9.17) is 23.2 Å². The van der Waals surface area contributed by atoms with Gasteiger partial charge in [0, 0.05) is 32.4 Å². The van der Waals surface area contributed by atoms with Crippen LogP contribution in [0.5, 0.6) is 0 Å². The van der Waals surface area contributed by atoms with E-state index in [2.05, 4.69) is 22.0 Å². The standard InChI is InChI=1S/C23H16BrCl2NO/c24-18-7-1-17(2-8-18)23(28)13-21(15-3-9-19(25)10-4-15)22(14-27)16-5-11-20(26)12-6-16/h1-12,21-22H,13H2/t21-,22-/m1/s1. The average Bonchev–Trinajstić information content (AvgIpc) is 2.70. The van der Waals surface area contributed by atoms with Gasteiger partial charge in [0.25, 0.3) is 0 Å². The minimum atomic E-state index is -0.488. The van der Waals surface area contributed by atoms with E-state index in [-0.39, 0.29) is 18.1 Å². The highest BCUT2D eigenvalue weighted by Gasteiger charge is 2.27. The zero-order chi connectivity index (χ0) is 20.1.